The topological polar surface area (TPSA) is 67.6 Å². The molecular formula is C14H21N3O2. The maximum atomic E-state index is 11.2. The summed E-state index contributed by atoms with van der Waals surface area (Å²) in [7, 11) is 1.76. The molecule has 19 heavy (non-hydrogen) atoms. The summed E-state index contributed by atoms with van der Waals surface area (Å²) in [6.07, 6.45) is 1.68. The van der Waals surface area contributed by atoms with Crippen LogP contribution in [0, 0.1) is 0 Å². The molecule has 1 atom stereocenters. The van der Waals surface area contributed by atoms with Crippen LogP contribution in [0.5, 0.6) is 5.75 Å². The molecule has 1 aliphatic heterocycles. The van der Waals surface area contributed by atoms with E-state index in [4.69, 9.17) is 10.5 Å². The molecule has 1 aromatic carbocycles. The highest BCUT2D eigenvalue weighted by atomic mass is 16.5. The van der Waals surface area contributed by atoms with E-state index in [0.717, 1.165) is 37.6 Å². The first-order chi connectivity index (χ1) is 9.22. The number of rotatable bonds is 5. The molecule has 0 fully saturated rings. The number of carbonyl (C=O) groups is 1. The van der Waals surface area contributed by atoms with Crippen molar-refractivity contribution in [2.45, 2.75) is 18.9 Å². The van der Waals surface area contributed by atoms with Gasteiger partial charge < -0.3 is 20.7 Å². The minimum atomic E-state index is -0.304. The molecule has 0 radical (unpaired) electrons. The number of carbonyl (C=O) groups excluding carboxylic acids is 1. The molecule has 0 spiro atoms. The highest BCUT2D eigenvalue weighted by Gasteiger charge is 2.18. The second-order valence-corrected chi connectivity index (χ2v) is 4.69. The van der Waals surface area contributed by atoms with Crippen molar-refractivity contribution in [1.82, 2.24) is 5.32 Å². The van der Waals surface area contributed by atoms with Crippen LogP contribution in [0.1, 0.15) is 12.8 Å². The SMILES string of the molecule is CNC(CCN1CCCOc2ccccc21)C(N)=O. The Kier molecular flexibility index (Phi) is 4.63. The third-order valence-corrected chi connectivity index (χ3v) is 3.42. The zero-order valence-electron chi connectivity index (χ0n) is 11.3. The molecule has 1 aliphatic rings. The summed E-state index contributed by atoms with van der Waals surface area (Å²) in [4.78, 5) is 13.5. The molecule has 1 amide bonds. The molecule has 0 saturated heterocycles. The number of benzene rings is 1. The van der Waals surface area contributed by atoms with Gasteiger partial charge >= 0.3 is 0 Å². The maximum Gasteiger partial charge on any atom is 0.234 e. The summed E-state index contributed by atoms with van der Waals surface area (Å²) in [5.74, 6) is 0.613. The van der Waals surface area contributed by atoms with Gasteiger partial charge in [0.05, 0.1) is 18.3 Å². The van der Waals surface area contributed by atoms with Crippen LogP contribution >= 0.6 is 0 Å². The molecular weight excluding hydrogens is 242 g/mol. The average Bonchev–Trinajstić information content (AvgIpc) is 2.62. The predicted molar refractivity (Wildman–Crippen MR) is 75.4 cm³/mol. The zero-order valence-corrected chi connectivity index (χ0v) is 11.3. The van der Waals surface area contributed by atoms with E-state index in [1.165, 1.54) is 0 Å². The molecule has 5 nitrogen and oxygen atoms in total. The largest absolute Gasteiger partial charge is 0.491 e. The van der Waals surface area contributed by atoms with E-state index < -0.39 is 0 Å². The van der Waals surface area contributed by atoms with Gasteiger partial charge in [0.25, 0.3) is 0 Å². The van der Waals surface area contributed by atoms with E-state index >= 15 is 0 Å². The molecule has 0 aromatic heterocycles. The van der Waals surface area contributed by atoms with Crippen LogP contribution in [-0.2, 0) is 4.79 Å². The van der Waals surface area contributed by atoms with E-state index in [-0.39, 0.29) is 11.9 Å². The average molecular weight is 263 g/mol. The van der Waals surface area contributed by atoms with Crippen molar-refractivity contribution in [3.05, 3.63) is 24.3 Å². The first kappa shape index (κ1) is 13.7. The van der Waals surface area contributed by atoms with Crippen molar-refractivity contribution in [2.24, 2.45) is 5.73 Å². The van der Waals surface area contributed by atoms with Gasteiger partial charge in [-0.2, -0.15) is 0 Å². The summed E-state index contributed by atoms with van der Waals surface area (Å²) >= 11 is 0. The lowest BCUT2D eigenvalue weighted by molar-refractivity contribution is -0.120. The molecule has 3 N–H and O–H groups in total. The second kappa shape index (κ2) is 6.43. The highest BCUT2D eigenvalue weighted by Crippen LogP contribution is 2.30. The lowest BCUT2D eigenvalue weighted by atomic mass is 10.1. The number of fused-ring (bicyclic) bond motifs is 1. The van der Waals surface area contributed by atoms with Crippen LogP contribution in [0.4, 0.5) is 5.69 Å². The summed E-state index contributed by atoms with van der Waals surface area (Å²) < 4.78 is 5.71. The Balaban J connectivity index is 2.05. The standard InChI is InChI=1S/C14H21N3O2/c1-16-11(14(15)18)7-9-17-8-4-10-19-13-6-3-2-5-12(13)17/h2-3,5-6,11,16H,4,7-10H2,1H3,(H2,15,18). The van der Waals surface area contributed by atoms with Crippen LogP contribution in [0.15, 0.2) is 24.3 Å². The normalized spacial score (nSPS) is 16.2. The van der Waals surface area contributed by atoms with Crippen molar-refractivity contribution in [2.75, 3.05) is 31.6 Å². The van der Waals surface area contributed by atoms with Gasteiger partial charge in [-0.05, 0) is 32.0 Å². The Morgan fingerprint density at radius 1 is 1.53 bits per heavy atom. The first-order valence-corrected chi connectivity index (χ1v) is 6.65. The fourth-order valence-electron chi connectivity index (χ4n) is 2.34. The van der Waals surface area contributed by atoms with Crippen molar-refractivity contribution in [1.29, 1.82) is 0 Å². The first-order valence-electron chi connectivity index (χ1n) is 6.65. The number of nitrogens with two attached hydrogens (primary N) is 1. The molecule has 0 saturated carbocycles. The van der Waals surface area contributed by atoms with E-state index in [1.807, 2.05) is 18.2 Å². The number of hydrogen-bond acceptors (Lipinski definition) is 4. The number of ether oxygens (including phenoxy) is 1. The van der Waals surface area contributed by atoms with Crippen LogP contribution in [0.3, 0.4) is 0 Å². The number of anilines is 1. The van der Waals surface area contributed by atoms with Gasteiger partial charge in [-0.15, -0.1) is 0 Å². The minimum Gasteiger partial charge on any atom is -0.491 e. The van der Waals surface area contributed by atoms with Gasteiger partial charge in [-0.25, -0.2) is 0 Å². The van der Waals surface area contributed by atoms with Crippen molar-refractivity contribution < 1.29 is 9.53 Å². The lowest BCUT2D eigenvalue weighted by Crippen LogP contribution is -2.42. The molecule has 2 rings (SSSR count). The van der Waals surface area contributed by atoms with Gasteiger partial charge in [-0.1, -0.05) is 12.1 Å². The Morgan fingerprint density at radius 2 is 2.32 bits per heavy atom. The van der Waals surface area contributed by atoms with Gasteiger partial charge in [0.2, 0.25) is 5.91 Å². The molecule has 1 heterocycles. The minimum absolute atomic E-state index is 0.281. The zero-order chi connectivity index (χ0) is 13.7. The Bertz CT molecular complexity index is 436. The van der Waals surface area contributed by atoms with Crippen LogP contribution in [-0.4, -0.2) is 38.7 Å². The molecule has 5 heteroatoms. The monoisotopic (exact) mass is 263 g/mol. The number of primary amides is 1. The number of likely N-dealkylation sites (N-methyl/N-ethyl adjacent to an activating group) is 1. The molecule has 0 bridgehead atoms. The maximum absolute atomic E-state index is 11.2. The van der Waals surface area contributed by atoms with E-state index in [0.29, 0.717) is 6.42 Å². The third-order valence-electron chi connectivity index (χ3n) is 3.42. The number of nitrogens with one attached hydrogen (secondary N) is 1. The fraction of sp³-hybridized carbons (Fsp3) is 0.500. The Hall–Kier alpha value is -1.75. The summed E-state index contributed by atoms with van der Waals surface area (Å²) in [5, 5.41) is 2.95. The number of amides is 1. The number of nitrogens with zero attached hydrogens (tertiary/aromatic N) is 1. The molecule has 1 unspecified atom stereocenters. The fourth-order valence-corrected chi connectivity index (χ4v) is 2.34. The third kappa shape index (κ3) is 3.38. The summed E-state index contributed by atoms with van der Waals surface area (Å²) in [6, 6.07) is 7.74. The van der Waals surface area contributed by atoms with Crippen molar-refractivity contribution in [3.63, 3.8) is 0 Å². The lowest BCUT2D eigenvalue weighted by Gasteiger charge is -2.25. The van der Waals surface area contributed by atoms with Crippen LogP contribution < -0.4 is 20.7 Å². The van der Waals surface area contributed by atoms with Crippen LogP contribution in [0.25, 0.3) is 0 Å². The van der Waals surface area contributed by atoms with Gasteiger partial charge in [0.15, 0.2) is 0 Å². The van der Waals surface area contributed by atoms with Gasteiger partial charge in [0.1, 0.15) is 5.75 Å². The summed E-state index contributed by atoms with van der Waals surface area (Å²) in [6.45, 7) is 2.46. The summed E-state index contributed by atoms with van der Waals surface area (Å²) in [5.41, 5.74) is 6.44. The van der Waals surface area contributed by atoms with Crippen molar-refractivity contribution in [3.8, 4) is 5.75 Å². The smallest absolute Gasteiger partial charge is 0.234 e. The molecule has 0 aliphatic carbocycles. The number of para-hydroxylation sites is 2. The molecule has 1 aromatic rings. The van der Waals surface area contributed by atoms with E-state index in [2.05, 4.69) is 16.3 Å². The van der Waals surface area contributed by atoms with Gasteiger partial charge in [-0.3, -0.25) is 4.79 Å². The van der Waals surface area contributed by atoms with E-state index in [1.54, 1.807) is 7.05 Å². The second-order valence-electron chi connectivity index (χ2n) is 4.69. The molecule has 104 valence electrons. The van der Waals surface area contributed by atoms with Gasteiger partial charge in [0, 0.05) is 13.1 Å². The van der Waals surface area contributed by atoms with E-state index in [9.17, 15) is 4.79 Å². The quantitative estimate of drug-likeness (QED) is 0.822. The predicted octanol–water partition coefficient (Wildman–Crippen LogP) is 0.739. The Morgan fingerprint density at radius 3 is 3.05 bits per heavy atom. The van der Waals surface area contributed by atoms with Crippen LogP contribution in [0.2, 0.25) is 0 Å². The van der Waals surface area contributed by atoms with Crippen molar-refractivity contribution >= 4 is 11.6 Å². The number of hydrogen-bond donors (Lipinski definition) is 2. The Labute approximate surface area is 113 Å². The highest BCUT2D eigenvalue weighted by molar-refractivity contribution is 5.79.